The molecule has 1 aliphatic rings. The molecular weight excluding hydrogens is 279 g/mol. The number of anilines is 1. The maximum atomic E-state index is 5.10. The standard InChI is InChI=1S/C11H19AsN4O/c1-17-9-8-15-4-6-16(7-5-15)10-2-3-13-11(12)14-10/h2-3H,4-9,12H2,1H3. The summed E-state index contributed by atoms with van der Waals surface area (Å²) in [5, 5.41) is 0. The summed E-state index contributed by atoms with van der Waals surface area (Å²) in [5.41, 5.74) is 0. The van der Waals surface area contributed by atoms with Gasteiger partial charge < -0.3 is 0 Å². The van der Waals surface area contributed by atoms with Gasteiger partial charge in [0.1, 0.15) is 0 Å². The Balaban J connectivity index is 1.86. The molecule has 0 aliphatic carbocycles. The minimum atomic E-state index is 0.815. The number of piperazine rings is 1. The van der Waals surface area contributed by atoms with Crippen molar-refractivity contribution in [3.05, 3.63) is 12.3 Å². The molecule has 6 heteroatoms. The molecule has 1 fully saturated rings. The third-order valence-corrected chi connectivity index (χ3v) is 3.55. The summed E-state index contributed by atoms with van der Waals surface area (Å²) in [7, 11) is 1.75. The average Bonchev–Trinajstić information content (AvgIpc) is 2.37. The van der Waals surface area contributed by atoms with Crippen LogP contribution < -0.4 is 9.51 Å². The number of hydrogen-bond acceptors (Lipinski definition) is 5. The van der Waals surface area contributed by atoms with Crippen LogP contribution in [0.2, 0.25) is 0 Å². The molecule has 0 spiro atoms. The Morgan fingerprint density at radius 3 is 2.76 bits per heavy atom. The van der Waals surface area contributed by atoms with E-state index in [1.807, 2.05) is 12.3 Å². The van der Waals surface area contributed by atoms with Gasteiger partial charge in [0.05, 0.1) is 0 Å². The first kappa shape index (κ1) is 12.8. The Hall–Kier alpha value is -0.642. The van der Waals surface area contributed by atoms with Crippen LogP contribution in [0.3, 0.4) is 0 Å². The van der Waals surface area contributed by atoms with Gasteiger partial charge in [0.25, 0.3) is 0 Å². The molecule has 0 amide bonds. The molecule has 17 heavy (non-hydrogen) atoms. The summed E-state index contributed by atoms with van der Waals surface area (Å²) >= 11 is 1.47. The number of methoxy groups -OCH3 is 1. The Morgan fingerprint density at radius 1 is 1.35 bits per heavy atom. The number of hydrogen-bond donors (Lipinski definition) is 0. The average molecular weight is 298 g/mol. The van der Waals surface area contributed by atoms with Crippen molar-refractivity contribution in [2.24, 2.45) is 0 Å². The Labute approximate surface area is 111 Å². The summed E-state index contributed by atoms with van der Waals surface area (Å²) in [6.45, 7) is 6.07. The van der Waals surface area contributed by atoms with Crippen molar-refractivity contribution < 1.29 is 4.74 Å². The summed E-state index contributed by atoms with van der Waals surface area (Å²) in [5.74, 6) is 1.06. The fourth-order valence-electron chi connectivity index (χ4n) is 1.96. The molecule has 1 saturated heterocycles. The van der Waals surface area contributed by atoms with Crippen molar-refractivity contribution in [1.82, 2.24) is 14.9 Å². The molecule has 1 atom stereocenters. The first-order valence-corrected chi connectivity index (χ1v) is 7.05. The van der Waals surface area contributed by atoms with Crippen LogP contribution in [0, 0.1) is 0 Å². The van der Waals surface area contributed by atoms with Crippen molar-refractivity contribution in [3.8, 4) is 0 Å². The zero-order chi connectivity index (χ0) is 12.1. The monoisotopic (exact) mass is 298 g/mol. The predicted octanol–water partition coefficient (Wildman–Crippen LogP) is -1.50. The molecule has 94 valence electrons. The molecule has 1 aromatic rings. The first-order chi connectivity index (χ1) is 8.29. The van der Waals surface area contributed by atoms with Crippen LogP contribution in [0.1, 0.15) is 0 Å². The van der Waals surface area contributed by atoms with Gasteiger partial charge in [-0.1, -0.05) is 0 Å². The first-order valence-electron chi connectivity index (χ1n) is 5.84. The molecule has 0 aromatic carbocycles. The number of nitrogens with zero attached hydrogens (tertiary/aromatic N) is 4. The van der Waals surface area contributed by atoms with Crippen molar-refractivity contribution in [2.45, 2.75) is 0 Å². The molecular formula is C11H19AsN4O. The SMILES string of the molecule is COCCN1CCN(c2ccnc([AsH2])n2)CC1. The Bertz CT molecular complexity index is 355. The van der Waals surface area contributed by atoms with E-state index in [9.17, 15) is 0 Å². The fourth-order valence-corrected chi connectivity index (χ4v) is 2.42. The van der Waals surface area contributed by atoms with Crippen LogP contribution >= 0.6 is 0 Å². The van der Waals surface area contributed by atoms with E-state index in [0.29, 0.717) is 0 Å². The molecule has 1 aliphatic heterocycles. The van der Waals surface area contributed by atoms with E-state index >= 15 is 0 Å². The summed E-state index contributed by atoms with van der Waals surface area (Å²) in [6.07, 6.45) is 1.84. The zero-order valence-electron chi connectivity index (χ0n) is 10.2. The van der Waals surface area contributed by atoms with Gasteiger partial charge in [0.15, 0.2) is 0 Å². The van der Waals surface area contributed by atoms with E-state index in [-0.39, 0.29) is 0 Å². The van der Waals surface area contributed by atoms with E-state index in [4.69, 9.17) is 4.74 Å². The second-order valence-corrected chi connectivity index (χ2v) is 5.18. The van der Waals surface area contributed by atoms with E-state index in [1.54, 1.807) is 7.11 Å². The summed E-state index contributed by atoms with van der Waals surface area (Å²) < 4.78 is 6.00. The molecule has 0 N–H and O–H groups in total. The molecule has 1 unspecified atom stereocenters. The zero-order valence-corrected chi connectivity index (χ0v) is 12.6. The second kappa shape index (κ2) is 6.33. The van der Waals surface area contributed by atoms with E-state index < -0.39 is 0 Å². The predicted molar refractivity (Wildman–Crippen MR) is 70.7 cm³/mol. The van der Waals surface area contributed by atoms with E-state index in [2.05, 4.69) is 19.8 Å². The van der Waals surface area contributed by atoms with Gasteiger partial charge in [0.2, 0.25) is 0 Å². The van der Waals surface area contributed by atoms with Crippen LogP contribution in [0.25, 0.3) is 0 Å². The van der Waals surface area contributed by atoms with Gasteiger partial charge in [-0.25, -0.2) is 0 Å². The second-order valence-electron chi connectivity index (χ2n) is 4.09. The van der Waals surface area contributed by atoms with Crippen molar-refractivity contribution in [2.75, 3.05) is 51.3 Å². The van der Waals surface area contributed by atoms with Gasteiger partial charge >= 0.3 is 110 Å². The molecule has 0 radical (unpaired) electrons. The van der Waals surface area contributed by atoms with Crippen LogP contribution in [0.5, 0.6) is 0 Å². The van der Waals surface area contributed by atoms with Crippen molar-refractivity contribution in [1.29, 1.82) is 0 Å². The quantitative estimate of drug-likeness (QED) is 0.633. The van der Waals surface area contributed by atoms with Crippen LogP contribution in [-0.4, -0.2) is 78.2 Å². The van der Waals surface area contributed by atoms with Gasteiger partial charge in [-0.2, -0.15) is 0 Å². The van der Waals surface area contributed by atoms with Gasteiger partial charge in [0, 0.05) is 0 Å². The fraction of sp³-hybridized carbons (Fsp3) is 0.636. The third-order valence-electron chi connectivity index (χ3n) is 2.97. The van der Waals surface area contributed by atoms with Crippen molar-refractivity contribution >= 4 is 27.3 Å². The van der Waals surface area contributed by atoms with Crippen LogP contribution in [-0.2, 0) is 4.74 Å². The molecule has 1 aromatic heterocycles. The van der Waals surface area contributed by atoms with Gasteiger partial charge in [-0.05, 0) is 0 Å². The normalized spacial score (nSPS) is 17.4. The number of rotatable bonds is 4. The maximum absolute atomic E-state index is 5.10. The summed E-state index contributed by atoms with van der Waals surface area (Å²) in [4.78, 5) is 13.4. The van der Waals surface area contributed by atoms with Crippen molar-refractivity contribution in [3.63, 3.8) is 0 Å². The molecule has 2 heterocycles. The number of aromatic nitrogens is 2. The summed E-state index contributed by atoms with van der Waals surface area (Å²) in [6, 6.07) is 1.99. The van der Waals surface area contributed by atoms with Gasteiger partial charge in [-0.15, -0.1) is 0 Å². The van der Waals surface area contributed by atoms with Crippen LogP contribution in [0.15, 0.2) is 12.3 Å². The third kappa shape index (κ3) is 3.66. The van der Waals surface area contributed by atoms with E-state index in [1.165, 1.54) is 16.9 Å². The molecule has 2 rings (SSSR count). The topological polar surface area (TPSA) is 41.5 Å². The Kier molecular flexibility index (Phi) is 4.77. The van der Waals surface area contributed by atoms with Gasteiger partial charge in [-0.3, -0.25) is 0 Å². The van der Waals surface area contributed by atoms with Crippen LogP contribution in [0.4, 0.5) is 5.82 Å². The molecule has 5 nitrogen and oxygen atoms in total. The number of ether oxygens (including phenoxy) is 1. The minimum absolute atomic E-state index is 0.815. The van der Waals surface area contributed by atoms with E-state index in [0.717, 1.165) is 49.8 Å². The molecule has 0 saturated carbocycles. The Morgan fingerprint density at radius 2 is 2.12 bits per heavy atom. The molecule has 0 bridgehead atoms.